The topological polar surface area (TPSA) is 46.8 Å². The quantitative estimate of drug-likeness (QED) is 0.599. The van der Waals surface area contributed by atoms with Crippen molar-refractivity contribution >= 4 is 11.9 Å². The molecule has 0 N–H and O–H groups in total. The van der Waals surface area contributed by atoms with Gasteiger partial charge in [-0.05, 0) is 18.6 Å². The number of oxime groups is 1. The van der Waals surface area contributed by atoms with Gasteiger partial charge in [0.15, 0.2) is 6.10 Å². The van der Waals surface area contributed by atoms with Crippen LogP contribution in [-0.2, 0) is 4.84 Å². The molecule has 0 fully saturated rings. The largest absolute Gasteiger partial charge is 0.387 e. The van der Waals surface area contributed by atoms with E-state index in [0.717, 1.165) is 23.4 Å². The number of hydrogen-bond acceptors (Lipinski definition) is 4. The second-order valence-corrected chi connectivity index (χ2v) is 4.12. The molecule has 0 radical (unpaired) electrons. The smallest absolute Gasteiger partial charge is 0.159 e. The summed E-state index contributed by atoms with van der Waals surface area (Å²) in [5, 5.41) is 4.10. The first-order valence-corrected chi connectivity index (χ1v) is 6.33. The van der Waals surface area contributed by atoms with E-state index < -0.39 is 0 Å². The molecule has 4 heteroatoms. The van der Waals surface area contributed by atoms with Crippen LogP contribution in [0.15, 0.2) is 59.0 Å². The lowest BCUT2D eigenvalue weighted by Gasteiger charge is -2.07. The number of aliphatic imine (C=N–C) groups is 1. The highest BCUT2D eigenvalue weighted by Crippen LogP contribution is 2.21. The van der Waals surface area contributed by atoms with Crippen molar-refractivity contribution < 1.29 is 4.84 Å². The van der Waals surface area contributed by atoms with Crippen LogP contribution in [0.3, 0.4) is 0 Å². The van der Waals surface area contributed by atoms with E-state index in [1.165, 1.54) is 0 Å². The van der Waals surface area contributed by atoms with Gasteiger partial charge in [0.1, 0.15) is 5.71 Å². The number of hydrogen-bond donors (Lipinski definition) is 0. The number of aromatic nitrogens is 1. The monoisotopic (exact) mass is 255 g/mol. The van der Waals surface area contributed by atoms with Gasteiger partial charge >= 0.3 is 0 Å². The van der Waals surface area contributed by atoms with Crippen molar-refractivity contribution in [1.82, 2.24) is 4.98 Å². The molecule has 19 heavy (non-hydrogen) atoms. The standard InChI is InChI=1S/C15H17N3O/c1-3-8-16-11-12(4-2)15-10-14(18-19-15)13-7-5-6-9-17-13/h4-9,11,15H,2-3,10H2,1H3/b12-11+,16-8?. The van der Waals surface area contributed by atoms with Crippen LogP contribution in [0.4, 0.5) is 0 Å². The zero-order valence-electron chi connectivity index (χ0n) is 11.0. The summed E-state index contributed by atoms with van der Waals surface area (Å²) in [5.41, 5.74) is 2.64. The molecule has 2 rings (SSSR count). The lowest BCUT2D eigenvalue weighted by atomic mass is 10.0. The molecule has 0 saturated carbocycles. The molecule has 0 spiro atoms. The van der Waals surface area contributed by atoms with Crippen LogP contribution in [-0.4, -0.2) is 23.0 Å². The Balaban J connectivity index is 2.05. The van der Waals surface area contributed by atoms with E-state index in [1.807, 2.05) is 31.3 Å². The van der Waals surface area contributed by atoms with E-state index in [-0.39, 0.29) is 6.10 Å². The number of nitrogens with zero attached hydrogens (tertiary/aromatic N) is 3. The summed E-state index contributed by atoms with van der Waals surface area (Å²) in [5.74, 6) is 0. The fourth-order valence-corrected chi connectivity index (χ4v) is 1.75. The Morgan fingerprint density at radius 3 is 3.16 bits per heavy atom. The highest BCUT2D eigenvalue weighted by atomic mass is 16.6. The Morgan fingerprint density at radius 2 is 2.47 bits per heavy atom. The average molecular weight is 255 g/mol. The molecule has 1 aromatic rings. The third-order valence-corrected chi connectivity index (χ3v) is 2.75. The molecular weight excluding hydrogens is 238 g/mol. The molecule has 1 atom stereocenters. The average Bonchev–Trinajstić information content (AvgIpc) is 2.94. The molecule has 0 amide bonds. The first-order chi connectivity index (χ1) is 9.35. The van der Waals surface area contributed by atoms with Gasteiger partial charge in [-0.3, -0.25) is 9.98 Å². The lowest BCUT2D eigenvalue weighted by Crippen LogP contribution is -2.11. The van der Waals surface area contributed by atoms with Gasteiger partial charge in [0.05, 0.1) is 5.69 Å². The number of pyridine rings is 1. The van der Waals surface area contributed by atoms with E-state index in [2.05, 4.69) is 21.7 Å². The molecule has 1 aromatic heterocycles. The Hall–Kier alpha value is -2.23. The molecule has 98 valence electrons. The van der Waals surface area contributed by atoms with Gasteiger partial charge in [-0.1, -0.05) is 30.8 Å². The Kier molecular flexibility index (Phi) is 4.61. The van der Waals surface area contributed by atoms with Gasteiger partial charge in [0, 0.05) is 30.6 Å². The molecule has 1 aliphatic rings. The van der Waals surface area contributed by atoms with Crippen molar-refractivity contribution in [1.29, 1.82) is 0 Å². The molecule has 0 aliphatic carbocycles. The second kappa shape index (κ2) is 6.64. The SMILES string of the molecule is C=C/C(=C\N=CCC)C1CC(c2ccccn2)=NO1. The van der Waals surface area contributed by atoms with E-state index in [9.17, 15) is 0 Å². The summed E-state index contributed by atoms with van der Waals surface area (Å²) in [4.78, 5) is 13.9. The van der Waals surface area contributed by atoms with Crippen LogP contribution in [0.2, 0.25) is 0 Å². The van der Waals surface area contributed by atoms with Gasteiger partial charge < -0.3 is 4.84 Å². The minimum atomic E-state index is -0.122. The predicted octanol–water partition coefficient (Wildman–Crippen LogP) is 3.13. The van der Waals surface area contributed by atoms with Crippen LogP contribution < -0.4 is 0 Å². The molecule has 0 aromatic carbocycles. The third kappa shape index (κ3) is 3.37. The van der Waals surface area contributed by atoms with Crippen LogP contribution in [0, 0.1) is 0 Å². The van der Waals surface area contributed by atoms with Gasteiger partial charge in [-0.15, -0.1) is 0 Å². The highest BCUT2D eigenvalue weighted by Gasteiger charge is 2.24. The van der Waals surface area contributed by atoms with Crippen molar-refractivity contribution in [2.45, 2.75) is 25.9 Å². The first-order valence-electron chi connectivity index (χ1n) is 6.33. The summed E-state index contributed by atoms with van der Waals surface area (Å²) in [6.07, 6.45) is 8.61. The zero-order chi connectivity index (χ0) is 13.5. The molecule has 1 aliphatic heterocycles. The first kappa shape index (κ1) is 13.2. The van der Waals surface area contributed by atoms with Crippen LogP contribution in [0.5, 0.6) is 0 Å². The van der Waals surface area contributed by atoms with Crippen molar-refractivity contribution in [3.63, 3.8) is 0 Å². The van der Waals surface area contributed by atoms with Crippen molar-refractivity contribution in [2.75, 3.05) is 0 Å². The minimum absolute atomic E-state index is 0.122. The zero-order valence-corrected chi connectivity index (χ0v) is 11.0. The molecule has 0 bridgehead atoms. The maximum atomic E-state index is 5.44. The Bertz CT molecular complexity index is 517. The fourth-order valence-electron chi connectivity index (χ4n) is 1.75. The molecular formula is C15H17N3O. The van der Waals surface area contributed by atoms with Gasteiger partial charge in [-0.25, -0.2) is 0 Å². The van der Waals surface area contributed by atoms with Crippen molar-refractivity contribution in [2.24, 2.45) is 10.1 Å². The highest BCUT2D eigenvalue weighted by molar-refractivity contribution is 5.99. The summed E-state index contributed by atoms with van der Waals surface area (Å²) in [6.45, 7) is 5.83. The van der Waals surface area contributed by atoms with E-state index in [4.69, 9.17) is 4.84 Å². The minimum Gasteiger partial charge on any atom is -0.387 e. The summed E-state index contributed by atoms with van der Waals surface area (Å²) < 4.78 is 0. The Labute approximate surface area is 113 Å². The van der Waals surface area contributed by atoms with E-state index in [0.29, 0.717) is 6.42 Å². The summed E-state index contributed by atoms with van der Waals surface area (Å²) >= 11 is 0. The molecule has 4 nitrogen and oxygen atoms in total. The maximum absolute atomic E-state index is 5.44. The summed E-state index contributed by atoms with van der Waals surface area (Å²) in [7, 11) is 0. The lowest BCUT2D eigenvalue weighted by molar-refractivity contribution is 0.114. The summed E-state index contributed by atoms with van der Waals surface area (Å²) in [6, 6.07) is 5.75. The fraction of sp³-hybridized carbons (Fsp3) is 0.267. The second-order valence-electron chi connectivity index (χ2n) is 4.12. The third-order valence-electron chi connectivity index (χ3n) is 2.75. The van der Waals surface area contributed by atoms with Crippen LogP contribution in [0.1, 0.15) is 25.5 Å². The Morgan fingerprint density at radius 1 is 1.58 bits per heavy atom. The van der Waals surface area contributed by atoms with Gasteiger partial charge in [0.2, 0.25) is 0 Å². The van der Waals surface area contributed by atoms with E-state index in [1.54, 1.807) is 18.5 Å². The van der Waals surface area contributed by atoms with Crippen molar-refractivity contribution in [3.8, 4) is 0 Å². The van der Waals surface area contributed by atoms with E-state index >= 15 is 0 Å². The molecule has 0 saturated heterocycles. The van der Waals surface area contributed by atoms with Gasteiger partial charge in [0.25, 0.3) is 0 Å². The molecule has 2 heterocycles. The van der Waals surface area contributed by atoms with Crippen LogP contribution in [0.25, 0.3) is 0 Å². The van der Waals surface area contributed by atoms with Crippen LogP contribution >= 0.6 is 0 Å². The van der Waals surface area contributed by atoms with Crippen molar-refractivity contribution in [3.05, 3.63) is 54.5 Å². The van der Waals surface area contributed by atoms with Gasteiger partial charge in [-0.2, -0.15) is 0 Å². The maximum Gasteiger partial charge on any atom is 0.159 e. The molecule has 1 unspecified atom stereocenters. The normalized spacial score (nSPS) is 19.3. The number of rotatable bonds is 5. The predicted molar refractivity (Wildman–Crippen MR) is 77.3 cm³/mol.